The Morgan fingerprint density at radius 3 is 2.61 bits per heavy atom. The van der Waals surface area contributed by atoms with Gasteiger partial charge >= 0.3 is 18.0 Å². The van der Waals surface area contributed by atoms with Gasteiger partial charge in [0.05, 0.1) is 29.6 Å². The Bertz CT molecular complexity index is 1020. The van der Waals surface area contributed by atoms with E-state index in [1.165, 1.54) is 12.2 Å². The Morgan fingerprint density at radius 2 is 1.94 bits per heavy atom. The molecule has 1 aromatic carbocycles. The maximum absolute atomic E-state index is 12.7. The van der Waals surface area contributed by atoms with Crippen LogP contribution in [0.5, 0.6) is 0 Å². The molecule has 1 aromatic heterocycles. The number of ether oxygens (including phenoxy) is 2. The van der Waals surface area contributed by atoms with Crippen LogP contribution in [0.4, 0.5) is 4.79 Å². The lowest BCUT2D eigenvalue weighted by molar-refractivity contribution is -0.140. The highest BCUT2D eigenvalue weighted by Crippen LogP contribution is 2.28. The fourth-order valence-electron chi connectivity index (χ4n) is 2.91. The highest BCUT2D eigenvalue weighted by atomic mass is 35.5. The van der Waals surface area contributed by atoms with E-state index in [9.17, 15) is 14.4 Å². The van der Waals surface area contributed by atoms with E-state index in [-0.39, 0.29) is 24.5 Å². The SMILES string of the molecule is CCOC(=O)C1=C(COC(=O)C=Cc2ccccn2)NC(=O)NC1c1ccc(Cl)cc1. The van der Waals surface area contributed by atoms with Crippen LogP contribution in [-0.4, -0.2) is 36.2 Å². The summed E-state index contributed by atoms with van der Waals surface area (Å²) in [6.45, 7) is 1.49. The first-order chi connectivity index (χ1) is 15.0. The lowest BCUT2D eigenvalue weighted by Gasteiger charge is -2.29. The number of benzene rings is 1. The van der Waals surface area contributed by atoms with Crippen molar-refractivity contribution in [1.82, 2.24) is 15.6 Å². The summed E-state index contributed by atoms with van der Waals surface area (Å²) in [5, 5.41) is 5.74. The van der Waals surface area contributed by atoms with Crippen LogP contribution in [0.1, 0.15) is 24.2 Å². The van der Waals surface area contributed by atoms with E-state index in [1.807, 2.05) is 0 Å². The molecule has 3 rings (SSSR count). The van der Waals surface area contributed by atoms with Gasteiger partial charge in [0.1, 0.15) is 6.61 Å². The minimum absolute atomic E-state index is 0.140. The van der Waals surface area contributed by atoms with Gasteiger partial charge in [0, 0.05) is 17.3 Å². The number of rotatable bonds is 7. The number of urea groups is 1. The van der Waals surface area contributed by atoms with Crippen molar-refractivity contribution in [3.05, 3.63) is 82.3 Å². The minimum atomic E-state index is -0.789. The Morgan fingerprint density at radius 1 is 1.16 bits per heavy atom. The number of nitrogens with zero attached hydrogens (tertiary/aromatic N) is 1. The molecule has 0 saturated carbocycles. The van der Waals surface area contributed by atoms with Gasteiger partial charge in [-0.1, -0.05) is 29.8 Å². The normalized spacial score (nSPS) is 15.9. The monoisotopic (exact) mass is 441 g/mol. The average molecular weight is 442 g/mol. The summed E-state index contributed by atoms with van der Waals surface area (Å²) >= 11 is 5.94. The topological polar surface area (TPSA) is 107 Å². The predicted octanol–water partition coefficient (Wildman–Crippen LogP) is 3.16. The summed E-state index contributed by atoms with van der Waals surface area (Å²) in [6.07, 6.45) is 4.32. The Balaban J connectivity index is 1.83. The van der Waals surface area contributed by atoms with Crippen LogP contribution in [0.3, 0.4) is 0 Å². The molecule has 0 fully saturated rings. The van der Waals surface area contributed by atoms with Crippen LogP contribution < -0.4 is 10.6 Å². The van der Waals surface area contributed by atoms with Crippen LogP contribution in [0, 0.1) is 0 Å². The van der Waals surface area contributed by atoms with Gasteiger partial charge in [0.25, 0.3) is 0 Å². The van der Waals surface area contributed by atoms with Gasteiger partial charge in [-0.15, -0.1) is 0 Å². The molecule has 9 heteroatoms. The quantitative estimate of drug-likeness (QED) is 0.505. The lowest BCUT2D eigenvalue weighted by Crippen LogP contribution is -2.47. The minimum Gasteiger partial charge on any atom is -0.463 e. The fraction of sp³-hybridized carbons (Fsp3) is 0.182. The van der Waals surface area contributed by atoms with Gasteiger partial charge < -0.3 is 20.1 Å². The summed E-state index contributed by atoms with van der Waals surface area (Å²) in [5.74, 6) is -1.29. The Kier molecular flexibility index (Phi) is 7.40. The number of amides is 2. The number of nitrogens with one attached hydrogen (secondary N) is 2. The number of hydrogen-bond donors (Lipinski definition) is 2. The molecule has 0 radical (unpaired) electrons. The molecule has 1 aliphatic heterocycles. The number of hydrogen-bond acceptors (Lipinski definition) is 6. The summed E-state index contributed by atoms with van der Waals surface area (Å²) in [7, 11) is 0. The molecule has 31 heavy (non-hydrogen) atoms. The zero-order valence-electron chi connectivity index (χ0n) is 16.6. The van der Waals surface area contributed by atoms with Crippen LogP contribution in [0.15, 0.2) is 66.0 Å². The van der Waals surface area contributed by atoms with Gasteiger partial charge in [-0.25, -0.2) is 14.4 Å². The second-order valence-corrected chi connectivity index (χ2v) is 6.83. The first kappa shape index (κ1) is 22.0. The predicted molar refractivity (Wildman–Crippen MR) is 114 cm³/mol. The van der Waals surface area contributed by atoms with Crippen LogP contribution in [0.2, 0.25) is 5.02 Å². The molecule has 2 aromatic rings. The summed E-state index contributed by atoms with van der Waals surface area (Å²) in [6, 6.07) is 10.6. The van der Waals surface area contributed by atoms with E-state index in [0.717, 1.165) is 0 Å². The number of carbonyl (C=O) groups is 3. The number of halogens is 1. The van der Waals surface area contributed by atoms with Gasteiger partial charge in [-0.05, 0) is 42.8 Å². The smallest absolute Gasteiger partial charge is 0.338 e. The lowest BCUT2D eigenvalue weighted by atomic mass is 9.95. The molecule has 2 amide bonds. The first-order valence-electron chi connectivity index (χ1n) is 9.47. The van der Waals surface area contributed by atoms with Crippen LogP contribution >= 0.6 is 11.6 Å². The third-order valence-electron chi connectivity index (χ3n) is 4.29. The van der Waals surface area contributed by atoms with Crippen molar-refractivity contribution in [2.45, 2.75) is 13.0 Å². The van der Waals surface area contributed by atoms with Crippen molar-refractivity contribution in [2.75, 3.05) is 13.2 Å². The molecule has 2 N–H and O–H groups in total. The molecule has 1 unspecified atom stereocenters. The average Bonchev–Trinajstić information content (AvgIpc) is 2.77. The van der Waals surface area contributed by atoms with E-state index in [4.69, 9.17) is 21.1 Å². The molecule has 1 atom stereocenters. The number of aromatic nitrogens is 1. The molecule has 0 spiro atoms. The van der Waals surface area contributed by atoms with Crippen molar-refractivity contribution < 1.29 is 23.9 Å². The zero-order valence-corrected chi connectivity index (χ0v) is 17.4. The summed E-state index contributed by atoms with van der Waals surface area (Å²) in [4.78, 5) is 41.1. The standard InChI is InChI=1S/C22H20ClN3O5/c1-2-30-21(28)19-17(13-31-18(27)11-10-16-5-3-4-12-24-16)25-22(29)26-20(19)14-6-8-15(23)9-7-14/h3-12,20H,2,13H2,1H3,(H2,25,26,29). The van der Waals surface area contributed by atoms with Crippen molar-refractivity contribution >= 4 is 35.6 Å². The van der Waals surface area contributed by atoms with Crippen molar-refractivity contribution in [1.29, 1.82) is 0 Å². The molecule has 0 bridgehead atoms. The van der Waals surface area contributed by atoms with E-state index in [1.54, 1.807) is 55.6 Å². The van der Waals surface area contributed by atoms with Crippen molar-refractivity contribution in [2.24, 2.45) is 0 Å². The van der Waals surface area contributed by atoms with Gasteiger partial charge in [-0.2, -0.15) is 0 Å². The summed E-state index contributed by atoms with van der Waals surface area (Å²) in [5.41, 5.74) is 1.50. The Labute approximate surface area is 183 Å². The number of pyridine rings is 1. The Hall–Kier alpha value is -3.65. The van der Waals surface area contributed by atoms with Crippen LogP contribution in [-0.2, 0) is 19.1 Å². The molecule has 8 nitrogen and oxygen atoms in total. The zero-order chi connectivity index (χ0) is 22.2. The van der Waals surface area contributed by atoms with E-state index >= 15 is 0 Å². The number of esters is 2. The maximum atomic E-state index is 12.7. The van der Waals surface area contributed by atoms with E-state index < -0.39 is 24.0 Å². The third kappa shape index (κ3) is 5.93. The summed E-state index contributed by atoms with van der Waals surface area (Å²) < 4.78 is 10.4. The molecular formula is C22H20ClN3O5. The van der Waals surface area contributed by atoms with Gasteiger partial charge in [0.15, 0.2) is 0 Å². The molecule has 1 aliphatic rings. The van der Waals surface area contributed by atoms with E-state index in [0.29, 0.717) is 16.3 Å². The largest absolute Gasteiger partial charge is 0.463 e. The number of carbonyl (C=O) groups excluding carboxylic acids is 3. The third-order valence-corrected chi connectivity index (χ3v) is 4.54. The van der Waals surface area contributed by atoms with Gasteiger partial charge in [-0.3, -0.25) is 4.98 Å². The highest BCUT2D eigenvalue weighted by Gasteiger charge is 2.34. The molecule has 0 aliphatic carbocycles. The van der Waals surface area contributed by atoms with Crippen molar-refractivity contribution in [3.8, 4) is 0 Å². The second kappa shape index (κ2) is 10.4. The highest BCUT2D eigenvalue weighted by molar-refractivity contribution is 6.30. The molecule has 2 heterocycles. The van der Waals surface area contributed by atoms with Crippen LogP contribution in [0.25, 0.3) is 6.08 Å². The fourth-order valence-corrected chi connectivity index (χ4v) is 3.03. The molecule has 160 valence electrons. The maximum Gasteiger partial charge on any atom is 0.338 e. The van der Waals surface area contributed by atoms with Crippen molar-refractivity contribution in [3.63, 3.8) is 0 Å². The molecular weight excluding hydrogens is 422 g/mol. The second-order valence-electron chi connectivity index (χ2n) is 6.39. The molecule has 0 saturated heterocycles. The first-order valence-corrected chi connectivity index (χ1v) is 9.84. The van der Waals surface area contributed by atoms with E-state index in [2.05, 4.69) is 15.6 Å². The van der Waals surface area contributed by atoms with Gasteiger partial charge in [0.2, 0.25) is 0 Å².